The molecule has 1 saturated heterocycles. The van der Waals surface area contributed by atoms with Crippen LogP contribution in [-0.4, -0.2) is 108 Å². The Kier molecular flexibility index (Phi) is 20.5. The van der Waals surface area contributed by atoms with Gasteiger partial charge in [0.25, 0.3) is 0 Å². The molecule has 1 heterocycles. The Morgan fingerprint density at radius 3 is 2.09 bits per heavy atom. The van der Waals surface area contributed by atoms with Gasteiger partial charge in [-0.25, -0.2) is 0 Å². The summed E-state index contributed by atoms with van der Waals surface area (Å²) in [5.74, 6) is 0. The predicted molar refractivity (Wildman–Crippen MR) is 132 cm³/mol. The molecule has 1 unspecified atom stereocenters. The molecule has 1 aliphatic rings. The third-order valence-electron chi connectivity index (χ3n) is 5.41. The molecule has 1 atom stereocenters. The van der Waals surface area contributed by atoms with Gasteiger partial charge in [-0.2, -0.15) is 0 Å². The first-order valence-electron chi connectivity index (χ1n) is 12.5. The zero-order valence-electron chi connectivity index (χ0n) is 20.6. The third-order valence-corrected chi connectivity index (χ3v) is 6.60. The Balaban J connectivity index is 2.11. The van der Waals surface area contributed by atoms with E-state index < -0.39 is 0 Å². The quantitative estimate of drug-likeness (QED) is 0.251. The van der Waals surface area contributed by atoms with Crippen molar-refractivity contribution in [2.24, 2.45) is 0 Å². The van der Waals surface area contributed by atoms with E-state index in [0.717, 1.165) is 38.0 Å². The summed E-state index contributed by atoms with van der Waals surface area (Å²) in [6, 6.07) is 0. The number of ether oxygens (including phenoxy) is 6. The lowest BCUT2D eigenvalue weighted by Crippen LogP contribution is -2.38. The zero-order valence-corrected chi connectivity index (χ0v) is 22.2. The highest BCUT2D eigenvalue weighted by molar-refractivity contribution is 9.09. The van der Waals surface area contributed by atoms with E-state index in [4.69, 9.17) is 28.4 Å². The Labute approximate surface area is 204 Å². The average Bonchev–Trinajstić information content (AvgIpc) is 2.81. The molecule has 1 rings (SSSR count). The van der Waals surface area contributed by atoms with E-state index in [-0.39, 0.29) is 5.60 Å². The predicted octanol–water partition coefficient (Wildman–Crippen LogP) is 3.92. The molecular weight excluding hydrogens is 478 g/mol. The molecule has 0 aromatic rings. The van der Waals surface area contributed by atoms with Crippen molar-refractivity contribution in [2.45, 2.75) is 58.0 Å². The first-order chi connectivity index (χ1) is 15.7. The molecule has 0 radical (unpaired) electrons. The summed E-state index contributed by atoms with van der Waals surface area (Å²) in [7, 11) is 0. The lowest BCUT2D eigenvalue weighted by molar-refractivity contribution is -0.0904. The molecule has 192 valence electrons. The van der Waals surface area contributed by atoms with E-state index in [9.17, 15) is 0 Å². The summed E-state index contributed by atoms with van der Waals surface area (Å²) < 4.78 is 34.6. The Morgan fingerprint density at radius 2 is 1.38 bits per heavy atom. The largest absolute Gasteiger partial charge is 0.379 e. The summed E-state index contributed by atoms with van der Waals surface area (Å²) in [5.41, 5.74) is -0.342. The van der Waals surface area contributed by atoms with Gasteiger partial charge in [0.15, 0.2) is 0 Å². The number of unbranched alkanes of at least 4 members (excludes halogenated alkanes) is 5. The molecule has 7 nitrogen and oxygen atoms in total. The molecule has 0 spiro atoms. The van der Waals surface area contributed by atoms with Crippen LogP contribution in [0.5, 0.6) is 0 Å². The second-order valence-electron chi connectivity index (χ2n) is 8.54. The summed E-state index contributed by atoms with van der Waals surface area (Å²) in [4.78, 5) is 2.32. The Morgan fingerprint density at radius 1 is 0.750 bits per heavy atom. The molecule has 0 N–H and O–H groups in total. The fourth-order valence-electron chi connectivity index (χ4n) is 3.30. The van der Waals surface area contributed by atoms with Crippen LogP contribution in [0.1, 0.15) is 52.4 Å². The van der Waals surface area contributed by atoms with E-state index in [1.807, 2.05) is 6.92 Å². The van der Waals surface area contributed by atoms with Crippen LogP contribution in [0.25, 0.3) is 0 Å². The monoisotopic (exact) mass is 525 g/mol. The molecule has 1 fully saturated rings. The topological polar surface area (TPSA) is 58.6 Å². The van der Waals surface area contributed by atoms with Gasteiger partial charge in [0.1, 0.15) is 0 Å². The molecule has 0 aromatic carbocycles. The van der Waals surface area contributed by atoms with Crippen LogP contribution in [0.15, 0.2) is 0 Å². The van der Waals surface area contributed by atoms with Crippen LogP contribution >= 0.6 is 15.9 Å². The maximum Gasteiger partial charge on any atom is 0.0984 e. The normalized spacial score (nSPS) is 23.0. The van der Waals surface area contributed by atoms with Gasteiger partial charge in [0.05, 0.1) is 71.7 Å². The Hall–Kier alpha value is 0.200. The van der Waals surface area contributed by atoms with E-state index in [1.165, 1.54) is 32.1 Å². The molecule has 0 aromatic heterocycles. The van der Waals surface area contributed by atoms with Crippen molar-refractivity contribution in [3.8, 4) is 0 Å². The van der Waals surface area contributed by atoms with Crippen molar-refractivity contribution in [3.63, 3.8) is 0 Å². The minimum absolute atomic E-state index is 0.342. The molecule has 1 aliphatic heterocycles. The van der Waals surface area contributed by atoms with E-state index in [0.29, 0.717) is 66.1 Å². The molecular formula is C24H48BrNO6. The molecule has 0 bridgehead atoms. The van der Waals surface area contributed by atoms with Crippen LogP contribution < -0.4 is 0 Å². The summed E-state index contributed by atoms with van der Waals surface area (Å²) in [6.45, 7) is 13.9. The van der Waals surface area contributed by atoms with Crippen molar-refractivity contribution in [1.82, 2.24) is 4.90 Å². The van der Waals surface area contributed by atoms with Gasteiger partial charge in [0, 0.05) is 31.6 Å². The number of nitrogens with zero attached hydrogens (tertiary/aromatic N) is 1. The van der Waals surface area contributed by atoms with Crippen LogP contribution in [-0.2, 0) is 28.4 Å². The van der Waals surface area contributed by atoms with Gasteiger partial charge in [-0.3, -0.25) is 4.90 Å². The van der Waals surface area contributed by atoms with Gasteiger partial charge in [0.2, 0.25) is 0 Å². The SMILES string of the molecule is CCCCCCCCOCCOCCN1CCOCCOCC(C)(CBr)OCCOCC1. The zero-order chi connectivity index (χ0) is 23.2. The molecule has 0 amide bonds. The van der Waals surface area contributed by atoms with Crippen molar-refractivity contribution >= 4 is 15.9 Å². The van der Waals surface area contributed by atoms with Crippen molar-refractivity contribution < 1.29 is 28.4 Å². The van der Waals surface area contributed by atoms with Gasteiger partial charge in [-0.15, -0.1) is 0 Å². The number of hydrogen-bond donors (Lipinski definition) is 0. The minimum Gasteiger partial charge on any atom is -0.379 e. The van der Waals surface area contributed by atoms with Gasteiger partial charge >= 0.3 is 0 Å². The van der Waals surface area contributed by atoms with Gasteiger partial charge in [-0.05, 0) is 13.3 Å². The van der Waals surface area contributed by atoms with E-state index >= 15 is 0 Å². The highest BCUT2D eigenvalue weighted by Crippen LogP contribution is 2.14. The van der Waals surface area contributed by atoms with E-state index in [1.54, 1.807) is 0 Å². The third kappa shape index (κ3) is 17.6. The fraction of sp³-hybridized carbons (Fsp3) is 1.00. The van der Waals surface area contributed by atoms with Gasteiger partial charge < -0.3 is 28.4 Å². The van der Waals surface area contributed by atoms with Gasteiger partial charge in [-0.1, -0.05) is 55.0 Å². The number of rotatable bonds is 14. The lowest BCUT2D eigenvalue weighted by atomic mass is 10.1. The second kappa shape index (κ2) is 21.7. The average molecular weight is 527 g/mol. The van der Waals surface area contributed by atoms with Crippen LogP contribution in [0.2, 0.25) is 0 Å². The fourth-order valence-corrected chi connectivity index (χ4v) is 3.62. The molecule has 0 saturated carbocycles. The van der Waals surface area contributed by atoms with Crippen molar-refractivity contribution in [3.05, 3.63) is 0 Å². The van der Waals surface area contributed by atoms with Crippen LogP contribution in [0, 0.1) is 0 Å². The van der Waals surface area contributed by atoms with Crippen LogP contribution in [0.4, 0.5) is 0 Å². The first kappa shape index (κ1) is 30.2. The first-order valence-corrected chi connectivity index (χ1v) is 13.6. The van der Waals surface area contributed by atoms with Crippen molar-refractivity contribution in [2.75, 3.05) is 97.6 Å². The van der Waals surface area contributed by atoms with Crippen LogP contribution in [0.3, 0.4) is 0 Å². The summed E-state index contributed by atoms with van der Waals surface area (Å²) >= 11 is 3.51. The number of halogens is 1. The standard InChI is InChI=1S/C24H48BrNO6/c1-3-4-5-6-7-8-12-27-16-17-28-13-9-26-10-14-29-18-19-31-23-24(2,22-25)32-21-20-30-15-11-26/h3-23H2,1-2H3. The Bertz CT molecular complexity index is 407. The maximum atomic E-state index is 5.95. The smallest absolute Gasteiger partial charge is 0.0984 e. The molecule has 0 aliphatic carbocycles. The van der Waals surface area contributed by atoms with Crippen molar-refractivity contribution in [1.29, 1.82) is 0 Å². The molecule has 32 heavy (non-hydrogen) atoms. The highest BCUT2D eigenvalue weighted by atomic mass is 79.9. The minimum atomic E-state index is -0.342. The summed E-state index contributed by atoms with van der Waals surface area (Å²) in [6.07, 6.45) is 7.75. The summed E-state index contributed by atoms with van der Waals surface area (Å²) in [5, 5.41) is 0.721. The number of alkyl halides is 1. The number of hydrogen-bond acceptors (Lipinski definition) is 7. The molecule has 8 heteroatoms. The lowest BCUT2D eigenvalue weighted by Gasteiger charge is -2.27. The van der Waals surface area contributed by atoms with E-state index in [2.05, 4.69) is 27.8 Å². The highest BCUT2D eigenvalue weighted by Gasteiger charge is 2.24. The maximum absolute atomic E-state index is 5.95. The second-order valence-corrected chi connectivity index (χ2v) is 9.10.